The summed E-state index contributed by atoms with van der Waals surface area (Å²) in [6, 6.07) is -1.41. The zero-order valence-electron chi connectivity index (χ0n) is 8.41. The quantitative estimate of drug-likeness (QED) is 0.418. The Morgan fingerprint density at radius 3 is 3.00 bits per heavy atom. The van der Waals surface area contributed by atoms with Crippen LogP contribution in [0.15, 0.2) is 5.11 Å². The summed E-state index contributed by atoms with van der Waals surface area (Å²) in [4.78, 5) is 27.0. The van der Waals surface area contributed by atoms with Crippen molar-refractivity contribution in [1.29, 1.82) is 0 Å². The molecule has 1 aliphatic carbocycles. The highest BCUT2D eigenvalue weighted by molar-refractivity contribution is 5.92. The molecule has 1 spiro atoms. The number of carbonyl (C=O) groups excluding carboxylic acids is 1. The Morgan fingerprint density at radius 1 is 1.62 bits per heavy atom. The molecule has 0 bridgehead atoms. The third-order valence-corrected chi connectivity index (χ3v) is 4.04. The largest absolute Gasteiger partial charge is 0.480 e. The molecule has 0 unspecified atom stereocenters. The fraction of sp³-hybridized carbons (Fsp3) is 0.778. The molecule has 7 heteroatoms. The van der Waals surface area contributed by atoms with Crippen molar-refractivity contribution in [3.8, 4) is 0 Å². The van der Waals surface area contributed by atoms with Crippen molar-refractivity contribution in [2.24, 2.45) is 11.0 Å². The Morgan fingerprint density at radius 2 is 2.38 bits per heavy atom. The molecule has 4 atom stereocenters. The molecule has 16 heavy (non-hydrogen) atoms. The van der Waals surface area contributed by atoms with Gasteiger partial charge in [0.25, 0.3) is 0 Å². The van der Waals surface area contributed by atoms with E-state index in [2.05, 4.69) is 10.0 Å². The molecule has 3 aliphatic rings. The van der Waals surface area contributed by atoms with Crippen molar-refractivity contribution in [2.75, 3.05) is 0 Å². The first-order chi connectivity index (χ1) is 7.60. The summed E-state index contributed by atoms with van der Waals surface area (Å²) < 4.78 is 0. The van der Waals surface area contributed by atoms with Crippen LogP contribution in [0, 0.1) is 5.92 Å². The van der Waals surface area contributed by atoms with Crippen LogP contribution in [0.2, 0.25) is 0 Å². The second-order valence-corrected chi connectivity index (χ2v) is 4.73. The monoisotopic (exact) mass is 222 g/mol. The van der Waals surface area contributed by atoms with E-state index in [1.165, 1.54) is 4.90 Å². The van der Waals surface area contributed by atoms with Crippen LogP contribution in [0.5, 0.6) is 0 Å². The number of hydrogen-bond donors (Lipinski definition) is 1. The summed E-state index contributed by atoms with van der Waals surface area (Å²) in [7, 11) is 0. The Hall–Kier alpha value is -1.75. The molecule has 1 amide bonds. The first kappa shape index (κ1) is 9.47. The van der Waals surface area contributed by atoms with Gasteiger partial charge >= 0.3 is 5.97 Å². The first-order valence-electron chi connectivity index (χ1n) is 5.20. The van der Waals surface area contributed by atoms with E-state index >= 15 is 0 Å². The average molecular weight is 222 g/mol. The normalized spacial score (nSPS) is 43.6. The summed E-state index contributed by atoms with van der Waals surface area (Å²) in [6.45, 7) is 0. The number of azide groups is 1. The molecule has 84 valence electrons. The molecule has 7 nitrogen and oxygen atoms in total. The van der Waals surface area contributed by atoms with Gasteiger partial charge in [-0.25, -0.2) is 4.79 Å². The van der Waals surface area contributed by atoms with E-state index < -0.39 is 18.1 Å². The van der Waals surface area contributed by atoms with Gasteiger partial charge in [0, 0.05) is 10.5 Å². The summed E-state index contributed by atoms with van der Waals surface area (Å²) in [5.41, 5.74) is 8.06. The number of aliphatic carboxylic acids is 1. The fourth-order valence-corrected chi connectivity index (χ4v) is 3.32. The predicted octanol–water partition coefficient (Wildman–Crippen LogP) is 0.513. The van der Waals surface area contributed by atoms with E-state index in [9.17, 15) is 9.59 Å². The van der Waals surface area contributed by atoms with Gasteiger partial charge in [-0.15, -0.1) is 0 Å². The molecule has 3 rings (SSSR count). The lowest BCUT2D eigenvalue weighted by molar-refractivity contribution is -0.149. The van der Waals surface area contributed by atoms with Gasteiger partial charge in [-0.2, -0.15) is 0 Å². The number of carboxylic acid groups (broad SMARTS) is 1. The second kappa shape index (κ2) is 2.68. The van der Waals surface area contributed by atoms with Gasteiger partial charge in [0.1, 0.15) is 12.1 Å². The zero-order chi connectivity index (χ0) is 11.5. The van der Waals surface area contributed by atoms with Crippen molar-refractivity contribution in [3.05, 3.63) is 10.4 Å². The average Bonchev–Trinajstić information content (AvgIpc) is 2.69. The minimum absolute atomic E-state index is 0.288. The van der Waals surface area contributed by atoms with Crippen LogP contribution < -0.4 is 0 Å². The summed E-state index contributed by atoms with van der Waals surface area (Å²) in [5.74, 6) is -0.983. The van der Waals surface area contributed by atoms with Crippen LogP contribution in [0.4, 0.5) is 0 Å². The lowest BCUT2D eigenvalue weighted by atomic mass is 10.1. The molecular weight excluding hydrogens is 212 g/mol. The minimum Gasteiger partial charge on any atom is -0.480 e. The Labute approximate surface area is 90.7 Å². The standard InChI is InChI=1S/C9H10N4O3/c10-12-11-5-3-9-2-4(9)1-6(8(15)16)13(9)7(5)14/h4-6H,1-3H2,(H,15,16)/t4-,5+,6-,9+/m1/s1. The summed E-state index contributed by atoms with van der Waals surface area (Å²) in [6.07, 6.45) is 1.90. The maximum atomic E-state index is 11.9. The van der Waals surface area contributed by atoms with Crippen molar-refractivity contribution >= 4 is 11.9 Å². The molecule has 2 heterocycles. The van der Waals surface area contributed by atoms with E-state index in [4.69, 9.17) is 10.6 Å². The van der Waals surface area contributed by atoms with Crippen LogP contribution in [0.1, 0.15) is 19.3 Å². The van der Waals surface area contributed by atoms with Crippen LogP contribution in [-0.4, -0.2) is 39.5 Å². The SMILES string of the molecule is [N-]=[N+]=N[C@H]1C[C@@]23C[C@H]2C[C@H](C(=O)O)N3C1=O. The van der Waals surface area contributed by atoms with Crippen LogP contribution in [0.3, 0.4) is 0 Å². The van der Waals surface area contributed by atoms with Gasteiger partial charge in [0.15, 0.2) is 0 Å². The van der Waals surface area contributed by atoms with E-state index in [1.807, 2.05) is 0 Å². The zero-order valence-corrected chi connectivity index (χ0v) is 8.41. The summed E-state index contributed by atoms with van der Waals surface area (Å²) in [5, 5.41) is 12.5. The van der Waals surface area contributed by atoms with Crippen molar-refractivity contribution < 1.29 is 14.7 Å². The molecule has 0 aromatic heterocycles. The number of carbonyl (C=O) groups is 2. The van der Waals surface area contributed by atoms with Gasteiger partial charge in [-0.05, 0) is 30.7 Å². The van der Waals surface area contributed by atoms with Gasteiger partial charge in [0.2, 0.25) is 5.91 Å². The lowest BCUT2D eigenvalue weighted by Gasteiger charge is -2.24. The number of amides is 1. The van der Waals surface area contributed by atoms with Crippen molar-refractivity contribution in [1.82, 2.24) is 4.90 Å². The summed E-state index contributed by atoms with van der Waals surface area (Å²) >= 11 is 0. The predicted molar refractivity (Wildman–Crippen MR) is 51.3 cm³/mol. The molecule has 0 radical (unpaired) electrons. The molecule has 2 aliphatic heterocycles. The number of nitrogens with zero attached hydrogens (tertiary/aromatic N) is 4. The first-order valence-corrected chi connectivity index (χ1v) is 5.20. The number of rotatable bonds is 2. The molecule has 2 saturated heterocycles. The van der Waals surface area contributed by atoms with Gasteiger partial charge in [-0.1, -0.05) is 5.11 Å². The van der Waals surface area contributed by atoms with Crippen LogP contribution in [0.25, 0.3) is 10.4 Å². The highest BCUT2D eigenvalue weighted by atomic mass is 16.4. The molecule has 0 aromatic carbocycles. The third kappa shape index (κ3) is 0.911. The van der Waals surface area contributed by atoms with Gasteiger partial charge in [0.05, 0.1) is 0 Å². The van der Waals surface area contributed by atoms with E-state index in [-0.39, 0.29) is 17.4 Å². The van der Waals surface area contributed by atoms with E-state index in [1.54, 1.807) is 0 Å². The molecule has 1 N–H and O–H groups in total. The minimum atomic E-state index is -0.957. The van der Waals surface area contributed by atoms with E-state index in [0.29, 0.717) is 12.8 Å². The van der Waals surface area contributed by atoms with E-state index in [0.717, 1.165) is 6.42 Å². The Bertz CT molecular complexity index is 444. The number of carboxylic acids is 1. The number of piperidine rings is 1. The fourth-order valence-electron chi connectivity index (χ4n) is 3.32. The van der Waals surface area contributed by atoms with Gasteiger partial charge in [-0.3, -0.25) is 4.79 Å². The lowest BCUT2D eigenvalue weighted by Crippen LogP contribution is -2.44. The highest BCUT2D eigenvalue weighted by Gasteiger charge is 2.72. The number of hydrogen-bond acceptors (Lipinski definition) is 3. The maximum Gasteiger partial charge on any atom is 0.326 e. The van der Waals surface area contributed by atoms with Crippen molar-refractivity contribution in [2.45, 2.75) is 36.9 Å². The van der Waals surface area contributed by atoms with Crippen LogP contribution >= 0.6 is 0 Å². The topological polar surface area (TPSA) is 106 Å². The third-order valence-electron chi connectivity index (χ3n) is 4.04. The Kier molecular flexibility index (Phi) is 1.59. The Balaban J connectivity index is 1.95. The molecule has 0 aromatic rings. The molecule has 3 fully saturated rings. The van der Waals surface area contributed by atoms with Crippen LogP contribution in [-0.2, 0) is 9.59 Å². The molecular formula is C9H10N4O3. The van der Waals surface area contributed by atoms with Crippen molar-refractivity contribution in [3.63, 3.8) is 0 Å². The second-order valence-electron chi connectivity index (χ2n) is 4.73. The smallest absolute Gasteiger partial charge is 0.326 e. The molecule has 1 saturated carbocycles. The highest BCUT2D eigenvalue weighted by Crippen LogP contribution is 2.63. The van der Waals surface area contributed by atoms with Gasteiger partial charge < -0.3 is 10.0 Å². The maximum absolute atomic E-state index is 11.9.